The second-order valence-electron chi connectivity index (χ2n) is 4.60. The van der Waals surface area contributed by atoms with Crippen LogP contribution in [0.25, 0.3) is 0 Å². The van der Waals surface area contributed by atoms with Crippen molar-refractivity contribution in [1.29, 1.82) is 0 Å². The Bertz CT molecular complexity index is 288. The monoisotopic (exact) mass is 245 g/mol. The molecule has 2 N–H and O–H groups in total. The van der Waals surface area contributed by atoms with Crippen LogP contribution in [-0.4, -0.2) is 49.0 Å². The molecule has 0 unspecified atom stereocenters. The van der Waals surface area contributed by atoms with Crippen molar-refractivity contribution < 1.29 is 19.2 Å². The number of nitrogens with one attached hydrogen (secondary N) is 2. The molecule has 0 radical (unpaired) electrons. The number of carbonyl (C=O) groups excluding carboxylic acids is 2. The quantitative estimate of drug-likeness (QED) is 0.705. The topological polar surface area (TPSA) is 79.9 Å². The van der Waals surface area contributed by atoms with Gasteiger partial charge < -0.3 is 15.4 Å². The lowest BCUT2D eigenvalue weighted by molar-refractivity contribution is -0.101. The lowest BCUT2D eigenvalue weighted by atomic mass is 10.2. The molecule has 7 nitrogen and oxygen atoms in total. The number of urea groups is 1. The maximum Gasteiger partial charge on any atom is 0.407 e. The van der Waals surface area contributed by atoms with E-state index in [1.54, 1.807) is 20.8 Å². The third-order valence-electron chi connectivity index (χ3n) is 1.84. The lowest BCUT2D eigenvalue weighted by Gasteiger charge is -2.20. The first-order chi connectivity index (χ1) is 7.88. The summed E-state index contributed by atoms with van der Waals surface area (Å²) < 4.78 is 5.03. The molecule has 0 aliphatic carbocycles. The normalized spacial score (nSPS) is 15.7. The minimum Gasteiger partial charge on any atom is -0.444 e. The molecule has 1 heterocycles. The van der Waals surface area contributed by atoms with Gasteiger partial charge in [-0.3, -0.25) is 4.84 Å². The number of alkyl carbamates (subject to hydrolysis) is 1. The molecule has 0 atom stereocenters. The van der Waals surface area contributed by atoms with Crippen molar-refractivity contribution in [1.82, 2.24) is 15.7 Å². The van der Waals surface area contributed by atoms with E-state index in [9.17, 15) is 9.59 Å². The van der Waals surface area contributed by atoms with Crippen LogP contribution >= 0.6 is 0 Å². The number of amides is 3. The maximum atomic E-state index is 11.2. The highest BCUT2D eigenvalue weighted by atomic mass is 16.7. The van der Waals surface area contributed by atoms with Crippen LogP contribution in [0.4, 0.5) is 9.59 Å². The van der Waals surface area contributed by atoms with Crippen molar-refractivity contribution in [2.45, 2.75) is 26.4 Å². The van der Waals surface area contributed by atoms with Gasteiger partial charge in [0.2, 0.25) is 0 Å². The van der Waals surface area contributed by atoms with Gasteiger partial charge in [-0.25, -0.2) is 14.7 Å². The highest BCUT2D eigenvalue weighted by Gasteiger charge is 2.20. The average molecular weight is 245 g/mol. The number of nitrogens with zero attached hydrogens (tertiary/aromatic N) is 1. The molecular weight excluding hydrogens is 226 g/mol. The van der Waals surface area contributed by atoms with E-state index < -0.39 is 11.7 Å². The Balaban J connectivity index is 2.08. The number of carbonyl (C=O) groups is 2. The van der Waals surface area contributed by atoms with Crippen LogP contribution in [-0.2, 0) is 9.57 Å². The van der Waals surface area contributed by atoms with Crippen molar-refractivity contribution in [3.05, 3.63) is 0 Å². The van der Waals surface area contributed by atoms with Crippen molar-refractivity contribution in [2.24, 2.45) is 0 Å². The minimum atomic E-state index is -0.514. The fourth-order valence-electron chi connectivity index (χ4n) is 1.20. The number of rotatable bonds is 4. The van der Waals surface area contributed by atoms with E-state index in [4.69, 9.17) is 9.57 Å². The van der Waals surface area contributed by atoms with Gasteiger partial charge >= 0.3 is 12.1 Å². The number of hydrogen-bond donors (Lipinski definition) is 2. The number of hydroxylamine groups is 2. The second kappa shape index (κ2) is 5.72. The minimum absolute atomic E-state index is 0.229. The average Bonchev–Trinajstić information content (AvgIpc) is 2.56. The molecular formula is C10H19N3O4. The number of ether oxygens (including phenoxy) is 1. The zero-order valence-electron chi connectivity index (χ0n) is 10.4. The molecule has 0 bridgehead atoms. The Kier molecular flexibility index (Phi) is 4.56. The van der Waals surface area contributed by atoms with Crippen LogP contribution < -0.4 is 10.6 Å². The summed E-state index contributed by atoms with van der Waals surface area (Å²) >= 11 is 0. The molecule has 1 fully saturated rings. The lowest BCUT2D eigenvalue weighted by Crippen LogP contribution is -2.36. The van der Waals surface area contributed by atoms with Gasteiger partial charge in [0.05, 0.1) is 13.2 Å². The van der Waals surface area contributed by atoms with E-state index in [2.05, 4.69) is 10.6 Å². The molecule has 0 spiro atoms. The molecule has 0 saturated carbocycles. The zero-order valence-corrected chi connectivity index (χ0v) is 10.4. The summed E-state index contributed by atoms with van der Waals surface area (Å²) in [5, 5.41) is 6.37. The van der Waals surface area contributed by atoms with Crippen molar-refractivity contribution >= 4 is 12.1 Å². The third-order valence-corrected chi connectivity index (χ3v) is 1.84. The summed E-state index contributed by atoms with van der Waals surface area (Å²) in [5.74, 6) is 0. The maximum absolute atomic E-state index is 11.2. The first-order valence-corrected chi connectivity index (χ1v) is 5.53. The molecule has 0 aromatic heterocycles. The molecule has 1 rings (SSSR count). The van der Waals surface area contributed by atoms with Crippen LogP contribution in [0.1, 0.15) is 20.8 Å². The summed E-state index contributed by atoms with van der Waals surface area (Å²) in [6.45, 7) is 6.99. The zero-order chi connectivity index (χ0) is 12.9. The third kappa shape index (κ3) is 5.39. The Morgan fingerprint density at radius 1 is 1.53 bits per heavy atom. The molecule has 98 valence electrons. The van der Waals surface area contributed by atoms with E-state index in [-0.39, 0.29) is 12.6 Å². The Morgan fingerprint density at radius 3 is 2.76 bits per heavy atom. The van der Waals surface area contributed by atoms with Gasteiger partial charge in [-0.15, -0.1) is 0 Å². The molecule has 1 aliphatic rings. The largest absolute Gasteiger partial charge is 0.444 e. The van der Waals surface area contributed by atoms with Crippen molar-refractivity contribution in [3.63, 3.8) is 0 Å². The predicted molar refractivity (Wildman–Crippen MR) is 60.3 cm³/mol. The van der Waals surface area contributed by atoms with E-state index in [0.29, 0.717) is 19.6 Å². The van der Waals surface area contributed by atoms with E-state index in [1.165, 1.54) is 5.06 Å². The summed E-state index contributed by atoms with van der Waals surface area (Å²) in [7, 11) is 0. The highest BCUT2D eigenvalue weighted by molar-refractivity contribution is 5.74. The smallest absolute Gasteiger partial charge is 0.407 e. The van der Waals surface area contributed by atoms with Crippen LogP contribution in [0.15, 0.2) is 0 Å². The van der Waals surface area contributed by atoms with Gasteiger partial charge in [0.1, 0.15) is 5.60 Å². The Labute approximate surface area is 100 Å². The van der Waals surface area contributed by atoms with Crippen LogP contribution in [0.2, 0.25) is 0 Å². The van der Waals surface area contributed by atoms with Crippen molar-refractivity contribution in [3.8, 4) is 0 Å². The first kappa shape index (κ1) is 13.6. The second-order valence-corrected chi connectivity index (χ2v) is 4.60. The van der Waals surface area contributed by atoms with Crippen LogP contribution in [0.3, 0.4) is 0 Å². The molecule has 1 saturated heterocycles. The van der Waals surface area contributed by atoms with Gasteiger partial charge in [0, 0.05) is 13.1 Å². The molecule has 17 heavy (non-hydrogen) atoms. The van der Waals surface area contributed by atoms with Gasteiger partial charge in [-0.1, -0.05) is 0 Å². The number of hydrogen-bond acceptors (Lipinski definition) is 4. The SMILES string of the molecule is CC(C)(C)OC(=O)NCCON1CCNC1=O. The van der Waals surface area contributed by atoms with E-state index in [0.717, 1.165) is 0 Å². The summed E-state index contributed by atoms with van der Waals surface area (Å²) in [4.78, 5) is 27.5. The highest BCUT2D eigenvalue weighted by Crippen LogP contribution is 2.06. The molecule has 0 aromatic carbocycles. The van der Waals surface area contributed by atoms with E-state index in [1.807, 2.05) is 0 Å². The standard InChI is InChI=1S/C10H19N3O4/c1-10(2,3)17-9(15)12-5-7-16-13-6-4-11-8(13)14/h4-7H2,1-3H3,(H,11,14)(H,12,15). The fourth-order valence-corrected chi connectivity index (χ4v) is 1.20. The van der Waals surface area contributed by atoms with E-state index >= 15 is 0 Å². The van der Waals surface area contributed by atoms with Crippen LogP contribution in [0.5, 0.6) is 0 Å². The van der Waals surface area contributed by atoms with Gasteiger partial charge in [0.25, 0.3) is 0 Å². The molecule has 0 aromatic rings. The van der Waals surface area contributed by atoms with Crippen molar-refractivity contribution in [2.75, 3.05) is 26.2 Å². The van der Waals surface area contributed by atoms with Crippen LogP contribution in [0, 0.1) is 0 Å². The van der Waals surface area contributed by atoms with Gasteiger partial charge in [0.15, 0.2) is 0 Å². The summed E-state index contributed by atoms with van der Waals surface area (Å²) in [6, 6.07) is -0.248. The van der Waals surface area contributed by atoms with Gasteiger partial charge in [-0.2, -0.15) is 0 Å². The summed E-state index contributed by atoms with van der Waals surface area (Å²) in [5.41, 5.74) is -0.514. The molecule has 3 amide bonds. The Hall–Kier alpha value is -1.50. The first-order valence-electron chi connectivity index (χ1n) is 5.53. The van der Waals surface area contributed by atoms with Gasteiger partial charge in [-0.05, 0) is 20.8 Å². The summed E-state index contributed by atoms with van der Waals surface area (Å²) in [6.07, 6.45) is -0.494. The Morgan fingerprint density at radius 2 is 2.24 bits per heavy atom. The molecule has 1 aliphatic heterocycles. The molecule has 7 heteroatoms. The predicted octanol–water partition coefficient (Wildman–Crippen LogP) is 0.468. The fraction of sp³-hybridized carbons (Fsp3) is 0.800.